The highest BCUT2D eigenvalue weighted by Gasteiger charge is 2.41. The third-order valence-electron chi connectivity index (χ3n) is 6.96. The minimum atomic E-state index is -0.447. The van der Waals surface area contributed by atoms with Gasteiger partial charge in [-0.05, 0) is 68.6 Å². The maximum absolute atomic E-state index is 13.1. The molecule has 0 bridgehead atoms. The molecule has 8 heteroatoms. The van der Waals surface area contributed by atoms with Crippen molar-refractivity contribution in [3.63, 3.8) is 0 Å². The fraction of sp³-hybridized carbons (Fsp3) is 0.880. The number of carbonyl (C=O) groups is 2. The highest BCUT2D eigenvalue weighted by atomic mass is 32.1. The van der Waals surface area contributed by atoms with Gasteiger partial charge in [0.25, 0.3) is 0 Å². The van der Waals surface area contributed by atoms with Gasteiger partial charge in [0.1, 0.15) is 11.0 Å². The third kappa shape index (κ3) is 8.39. The number of likely N-dealkylation sites (tertiary alicyclic amines) is 1. The Morgan fingerprint density at radius 2 is 1.85 bits per heavy atom. The molecule has 33 heavy (non-hydrogen) atoms. The van der Waals surface area contributed by atoms with E-state index in [1.54, 1.807) is 0 Å². The molecule has 1 heterocycles. The van der Waals surface area contributed by atoms with Gasteiger partial charge in [-0.2, -0.15) is 0 Å². The second-order valence-electron chi connectivity index (χ2n) is 11.0. The Balaban J connectivity index is 2.07. The molecule has 0 aromatic carbocycles. The summed E-state index contributed by atoms with van der Waals surface area (Å²) in [5, 5.41) is 6.21. The Morgan fingerprint density at radius 3 is 2.45 bits per heavy atom. The van der Waals surface area contributed by atoms with Gasteiger partial charge < -0.3 is 26.0 Å². The number of rotatable bonds is 10. The molecule has 2 fully saturated rings. The molecule has 1 saturated heterocycles. The van der Waals surface area contributed by atoms with Crippen LogP contribution in [-0.2, 0) is 9.53 Å². The number of hydrogen-bond donors (Lipinski definition) is 3. The number of hydrogen-bond acceptors (Lipinski definition) is 5. The van der Waals surface area contributed by atoms with Gasteiger partial charge in [0.05, 0.1) is 12.6 Å². The van der Waals surface area contributed by atoms with Gasteiger partial charge in [0.15, 0.2) is 0 Å². The molecule has 4 N–H and O–H groups in total. The summed E-state index contributed by atoms with van der Waals surface area (Å²) in [5.41, 5.74) is 5.73. The van der Waals surface area contributed by atoms with E-state index in [2.05, 4.69) is 38.3 Å². The van der Waals surface area contributed by atoms with Gasteiger partial charge in [0, 0.05) is 19.1 Å². The van der Waals surface area contributed by atoms with Crippen LogP contribution in [0.1, 0.15) is 86.0 Å². The van der Waals surface area contributed by atoms with E-state index in [0.717, 1.165) is 57.9 Å². The summed E-state index contributed by atoms with van der Waals surface area (Å²) in [4.78, 5) is 28.3. The average Bonchev–Trinajstić information content (AvgIpc) is 3.24. The highest BCUT2D eigenvalue weighted by Crippen LogP contribution is 2.33. The Hall–Kier alpha value is -1.41. The standard InChI is InChI=1S/C25H46N4O3S/c1-6-14-32-24(31)28-21(25(4,5)15-17(2)3)23(33)29-13-7-8-20(29)22(30)27-16-18-9-11-19(26)12-10-18/h17-21H,6-16,26H2,1-5H3,(H,27,30)(H,28,31)/t18?,19?,20-,21+/m0/s1. The Bertz CT molecular complexity index is 662. The number of carbonyl (C=O) groups excluding carboxylic acids is 2. The summed E-state index contributed by atoms with van der Waals surface area (Å²) < 4.78 is 5.31. The first-order chi connectivity index (χ1) is 15.5. The molecule has 0 unspecified atom stereocenters. The van der Waals surface area contributed by atoms with Crippen molar-refractivity contribution < 1.29 is 14.3 Å². The monoisotopic (exact) mass is 482 g/mol. The SMILES string of the molecule is CCCOC(=O)N[C@H](C(=S)N1CCC[C@H]1C(=O)NCC1CCC(N)CC1)C(C)(C)CC(C)C. The predicted molar refractivity (Wildman–Crippen MR) is 137 cm³/mol. The largest absolute Gasteiger partial charge is 0.450 e. The molecule has 2 amide bonds. The lowest BCUT2D eigenvalue weighted by Gasteiger charge is -2.40. The second-order valence-corrected chi connectivity index (χ2v) is 11.4. The summed E-state index contributed by atoms with van der Waals surface area (Å²) in [7, 11) is 0. The van der Waals surface area contributed by atoms with E-state index in [-0.39, 0.29) is 23.4 Å². The average molecular weight is 483 g/mol. The number of alkyl carbamates (subject to hydrolysis) is 1. The van der Waals surface area contributed by atoms with Gasteiger partial charge >= 0.3 is 6.09 Å². The number of nitrogens with two attached hydrogens (primary N) is 1. The van der Waals surface area contributed by atoms with Crippen LogP contribution in [0.4, 0.5) is 4.79 Å². The minimum Gasteiger partial charge on any atom is -0.450 e. The highest BCUT2D eigenvalue weighted by molar-refractivity contribution is 7.80. The van der Waals surface area contributed by atoms with Crippen molar-refractivity contribution in [3.05, 3.63) is 0 Å². The molecule has 0 radical (unpaired) electrons. The van der Waals surface area contributed by atoms with Gasteiger partial charge in [-0.1, -0.05) is 46.8 Å². The molecule has 1 aliphatic carbocycles. The molecular weight excluding hydrogens is 436 g/mol. The number of nitrogens with one attached hydrogen (secondary N) is 2. The van der Waals surface area contributed by atoms with Crippen molar-refractivity contribution in [1.82, 2.24) is 15.5 Å². The van der Waals surface area contributed by atoms with Crippen LogP contribution >= 0.6 is 12.2 Å². The molecular formula is C25H46N4O3S. The normalized spacial score (nSPS) is 24.5. The van der Waals surface area contributed by atoms with Gasteiger partial charge in [0.2, 0.25) is 5.91 Å². The van der Waals surface area contributed by atoms with E-state index in [4.69, 9.17) is 22.7 Å². The second kappa shape index (κ2) is 12.9. The van der Waals surface area contributed by atoms with Crippen molar-refractivity contribution >= 4 is 29.2 Å². The van der Waals surface area contributed by atoms with Crippen LogP contribution in [-0.4, -0.2) is 59.7 Å². The number of nitrogens with zero attached hydrogens (tertiary/aromatic N) is 1. The number of amides is 2. The van der Waals surface area contributed by atoms with E-state index < -0.39 is 6.09 Å². The van der Waals surface area contributed by atoms with Crippen molar-refractivity contribution in [3.8, 4) is 0 Å². The van der Waals surface area contributed by atoms with Crippen molar-refractivity contribution in [1.29, 1.82) is 0 Å². The van der Waals surface area contributed by atoms with E-state index >= 15 is 0 Å². The van der Waals surface area contributed by atoms with Gasteiger partial charge in [-0.25, -0.2) is 4.79 Å². The lowest BCUT2D eigenvalue weighted by atomic mass is 9.77. The Labute approximate surface area is 205 Å². The fourth-order valence-electron chi connectivity index (χ4n) is 5.34. The van der Waals surface area contributed by atoms with Crippen molar-refractivity contribution in [2.75, 3.05) is 19.7 Å². The van der Waals surface area contributed by atoms with E-state index in [1.807, 2.05) is 11.8 Å². The number of thiocarbonyl (C=S) groups is 1. The maximum Gasteiger partial charge on any atom is 0.407 e. The van der Waals surface area contributed by atoms with E-state index in [0.29, 0.717) is 36.0 Å². The Morgan fingerprint density at radius 1 is 1.18 bits per heavy atom. The van der Waals surface area contributed by atoms with Crippen LogP contribution in [0.2, 0.25) is 0 Å². The van der Waals surface area contributed by atoms with Crippen molar-refractivity contribution in [2.24, 2.45) is 23.0 Å². The lowest BCUT2D eigenvalue weighted by Crippen LogP contribution is -2.58. The summed E-state index contributed by atoms with van der Waals surface area (Å²) in [6.07, 6.45) is 7.11. The summed E-state index contributed by atoms with van der Waals surface area (Å²) in [6, 6.07) is -0.357. The topological polar surface area (TPSA) is 96.7 Å². The van der Waals surface area contributed by atoms with Crippen LogP contribution in [0, 0.1) is 17.3 Å². The zero-order valence-electron chi connectivity index (χ0n) is 21.3. The van der Waals surface area contributed by atoms with Crippen LogP contribution in [0.25, 0.3) is 0 Å². The summed E-state index contributed by atoms with van der Waals surface area (Å²) >= 11 is 5.95. The number of ether oxygens (including phenoxy) is 1. The first-order valence-corrected chi connectivity index (χ1v) is 13.2. The molecule has 2 aliphatic rings. The molecule has 190 valence electrons. The zero-order chi connectivity index (χ0) is 24.6. The smallest absolute Gasteiger partial charge is 0.407 e. The molecule has 2 rings (SSSR count). The van der Waals surface area contributed by atoms with E-state index in [9.17, 15) is 9.59 Å². The summed E-state index contributed by atoms with van der Waals surface area (Å²) in [6.45, 7) is 12.4. The summed E-state index contributed by atoms with van der Waals surface area (Å²) in [5.74, 6) is 0.988. The fourth-order valence-corrected chi connectivity index (χ4v) is 5.94. The molecule has 1 saturated carbocycles. The maximum atomic E-state index is 13.1. The molecule has 2 atom stereocenters. The van der Waals surface area contributed by atoms with Gasteiger partial charge in [-0.15, -0.1) is 0 Å². The first kappa shape index (κ1) is 27.8. The lowest BCUT2D eigenvalue weighted by molar-refractivity contribution is -0.124. The molecule has 7 nitrogen and oxygen atoms in total. The van der Waals surface area contributed by atoms with Crippen LogP contribution < -0.4 is 16.4 Å². The third-order valence-corrected chi connectivity index (χ3v) is 7.43. The van der Waals surface area contributed by atoms with Crippen LogP contribution in [0.3, 0.4) is 0 Å². The molecule has 0 aromatic heterocycles. The molecule has 1 aliphatic heterocycles. The quantitative estimate of drug-likeness (QED) is 0.408. The molecule has 0 aromatic rings. The predicted octanol–water partition coefficient (Wildman–Crippen LogP) is 3.99. The van der Waals surface area contributed by atoms with Crippen LogP contribution in [0.5, 0.6) is 0 Å². The Kier molecular flexibility index (Phi) is 10.9. The van der Waals surface area contributed by atoms with E-state index in [1.165, 1.54) is 0 Å². The zero-order valence-corrected chi connectivity index (χ0v) is 22.1. The first-order valence-electron chi connectivity index (χ1n) is 12.8. The minimum absolute atomic E-state index is 0.0405. The molecule has 0 spiro atoms. The van der Waals surface area contributed by atoms with Gasteiger partial charge in [-0.3, -0.25) is 4.79 Å². The van der Waals surface area contributed by atoms with Crippen molar-refractivity contribution in [2.45, 2.75) is 104 Å². The van der Waals surface area contributed by atoms with Crippen LogP contribution in [0.15, 0.2) is 0 Å².